The molecule has 0 aliphatic carbocycles. The van der Waals surface area contributed by atoms with Gasteiger partial charge in [-0.25, -0.2) is 29.5 Å². The maximum atomic E-state index is 13.0. The lowest BCUT2D eigenvalue weighted by atomic mass is 9.99. The summed E-state index contributed by atoms with van der Waals surface area (Å²) in [5, 5.41) is 31.5. The SMILES string of the molecule is NCCCNc1nc(NC(=O)OCCCNC(=O)CCNCCC(=O)NCCCOC(=O)Nc2cc3c(-c4ccnc(N5CCNCC5)c4)cccc3c(NCCCN)n2)cc2c(-c3ccnc(N4CCNCC4)c3)cccc12. The maximum Gasteiger partial charge on any atom is 0.412 e. The van der Waals surface area contributed by atoms with Crippen molar-refractivity contribution in [2.75, 3.05) is 149 Å². The zero-order valence-electron chi connectivity index (χ0n) is 44.8. The van der Waals surface area contributed by atoms with Gasteiger partial charge in [-0.3, -0.25) is 20.2 Å². The summed E-state index contributed by atoms with van der Waals surface area (Å²) in [7, 11) is 0. The zero-order valence-corrected chi connectivity index (χ0v) is 44.8. The highest BCUT2D eigenvalue weighted by molar-refractivity contribution is 6.05. The van der Waals surface area contributed by atoms with Crippen LogP contribution in [-0.2, 0) is 19.1 Å². The molecule has 8 rings (SSSR count). The number of ether oxygens (including phenoxy) is 2. The molecular weight excluding hydrogens is 1010 g/mol. The van der Waals surface area contributed by atoms with Crippen LogP contribution in [0.4, 0.5) is 44.5 Å². The van der Waals surface area contributed by atoms with E-state index in [1.54, 1.807) is 0 Å². The van der Waals surface area contributed by atoms with Crippen molar-refractivity contribution in [3.05, 3.63) is 85.2 Å². The fourth-order valence-electron chi connectivity index (χ4n) is 9.29. The molecule has 23 nitrogen and oxygen atoms in total. The van der Waals surface area contributed by atoms with Gasteiger partial charge in [-0.1, -0.05) is 36.4 Å². The third-order valence-corrected chi connectivity index (χ3v) is 13.4. The van der Waals surface area contributed by atoms with Crippen molar-refractivity contribution in [3.8, 4) is 22.3 Å². The van der Waals surface area contributed by atoms with Crippen molar-refractivity contribution >= 4 is 80.5 Å². The zero-order chi connectivity index (χ0) is 55.0. The number of aromatic nitrogens is 4. The first-order valence-corrected chi connectivity index (χ1v) is 27.5. The Morgan fingerprint density at radius 2 is 0.975 bits per heavy atom. The monoisotopic (exact) mass is 1080 g/mol. The average molecular weight is 1080 g/mol. The normalized spacial score (nSPS) is 13.4. The second-order valence-electron chi connectivity index (χ2n) is 19.1. The van der Waals surface area contributed by atoms with Crippen LogP contribution in [0.15, 0.2) is 85.2 Å². The molecule has 0 bridgehead atoms. The number of anilines is 6. The second-order valence-corrected chi connectivity index (χ2v) is 19.1. The Bertz CT molecular complexity index is 2770. The molecule has 6 aromatic rings. The van der Waals surface area contributed by atoms with Gasteiger partial charge in [0.1, 0.15) is 34.9 Å². The quantitative estimate of drug-likeness (QED) is 0.0303. The van der Waals surface area contributed by atoms with Crippen LogP contribution in [0.1, 0.15) is 38.5 Å². The molecular formula is C56H75N17O6. The van der Waals surface area contributed by atoms with Gasteiger partial charge in [-0.05, 0) is 108 Å². The Morgan fingerprint density at radius 3 is 1.41 bits per heavy atom. The summed E-state index contributed by atoms with van der Waals surface area (Å²) in [6.45, 7) is 10.9. The van der Waals surface area contributed by atoms with E-state index in [-0.39, 0.29) is 37.9 Å². The minimum absolute atomic E-state index is 0.0795. The summed E-state index contributed by atoms with van der Waals surface area (Å²) in [6.07, 6.45) is 5.06. The number of pyridine rings is 4. The molecule has 0 saturated carbocycles. The molecule has 13 N–H and O–H groups in total. The highest BCUT2D eigenvalue weighted by Crippen LogP contribution is 2.36. The van der Waals surface area contributed by atoms with Gasteiger partial charge >= 0.3 is 12.2 Å². The first-order valence-electron chi connectivity index (χ1n) is 27.5. The summed E-state index contributed by atoms with van der Waals surface area (Å²) in [5.41, 5.74) is 15.5. The van der Waals surface area contributed by atoms with E-state index in [0.29, 0.717) is 88.5 Å². The van der Waals surface area contributed by atoms with Crippen LogP contribution in [0.3, 0.4) is 0 Å². The first kappa shape index (κ1) is 57.2. The number of amides is 4. The minimum atomic E-state index is -0.661. The Hall–Kier alpha value is -7.96. The number of rotatable bonds is 28. The average Bonchev–Trinajstić information content (AvgIpc) is 3.57. The largest absolute Gasteiger partial charge is 0.449 e. The molecule has 0 atom stereocenters. The second kappa shape index (κ2) is 30.3. The van der Waals surface area contributed by atoms with Crippen LogP contribution in [0.2, 0.25) is 0 Å². The molecule has 2 aliphatic rings. The topological polar surface area (TPSA) is 305 Å². The van der Waals surface area contributed by atoms with E-state index in [0.717, 1.165) is 121 Å². The Kier molecular flexibility index (Phi) is 21.9. The van der Waals surface area contributed by atoms with Crippen LogP contribution in [0, 0.1) is 0 Å². The lowest BCUT2D eigenvalue weighted by Crippen LogP contribution is -2.43. The molecule has 420 valence electrons. The molecule has 2 fully saturated rings. The summed E-state index contributed by atoms with van der Waals surface area (Å²) >= 11 is 0. The molecule has 0 spiro atoms. The highest BCUT2D eigenvalue weighted by Gasteiger charge is 2.19. The van der Waals surface area contributed by atoms with Crippen molar-refractivity contribution in [2.24, 2.45) is 11.5 Å². The summed E-state index contributed by atoms with van der Waals surface area (Å²) < 4.78 is 10.9. The van der Waals surface area contributed by atoms with E-state index in [4.69, 9.17) is 30.9 Å². The Labute approximate surface area is 460 Å². The van der Waals surface area contributed by atoms with Crippen molar-refractivity contribution in [3.63, 3.8) is 0 Å². The number of nitrogens with two attached hydrogens (primary N) is 2. The molecule has 4 amide bonds. The number of nitrogens with one attached hydrogen (secondary N) is 9. The van der Waals surface area contributed by atoms with Gasteiger partial charge in [0.15, 0.2) is 0 Å². The molecule has 0 radical (unpaired) electrons. The van der Waals surface area contributed by atoms with E-state index in [1.165, 1.54) is 0 Å². The highest BCUT2D eigenvalue weighted by atomic mass is 16.6. The molecule has 6 heterocycles. The Balaban J connectivity index is 0.706. The van der Waals surface area contributed by atoms with Crippen molar-refractivity contribution in [1.82, 2.24) is 46.5 Å². The number of hydrogen-bond donors (Lipinski definition) is 11. The molecule has 79 heavy (non-hydrogen) atoms. The van der Waals surface area contributed by atoms with E-state index in [2.05, 4.69) is 79.8 Å². The van der Waals surface area contributed by atoms with Gasteiger partial charge in [0.2, 0.25) is 11.8 Å². The summed E-state index contributed by atoms with van der Waals surface area (Å²) in [4.78, 5) is 74.2. The molecule has 2 saturated heterocycles. The standard InChI is InChI=1S/C56H75N17O6/c57-15-3-17-66-53-43-9-1-7-41(39-11-23-62-49(35-39)72-29-25-60-26-30-72)45(43)37-47(68-53)70-55(76)78-33-5-19-64-51(74)13-21-59-22-14-52(75)65-20-6-34-79-56(77)71-48-38-46-42(8-2-10-44(46)54(69-48)67-18-4-16-58)40-12-24-63-50(36-40)73-31-27-61-28-32-73/h1-2,7-12,23-24,35-38,59-61H,3-6,13-22,25-34,57-58H2,(H,64,74)(H,65,75)(H2,66,68,70,76)(H2,67,69,71,77). The van der Waals surface area contributed by atoms with E-state index < -0.39 is 12.2 Å². The minimum Gasteiger partial charge on any atom is -0.449 e. The fraction of sp³-hybridized carbons (Fsp3) is 0.429. The van der Waals surface area contributed by atoms with Gasteiger partial charge in [0.05, 0.1) is 13.2 Å². The number of carbonyl (C=O) groups excluding carboxylic acids is 4. The van der Waals surface area contributed by atoms with Crippen LogP contribution >= 0.6 is 0 Å². The van der Waals surface area contributed by atoms with Gasteiger partial charge in [0.25, 0.3) is 0 Å². The fourth-order valence-corrected chi connectivity index (χ4v) is 9.29. The van der Waals surface area contributed by atoms with Crippen LogP contribution in [-0.4, -0.2) is 162 Å². The number of hydrogen-bond acceptors (Lipinski definition) is 19. The van der Waals surface area contributed by atoms with E-state index in [1.807, 2.05) is 73.1 Å². The van der Waals surface area contributed by atoms with E-state index in [9.17, 15) is 19.2 Å². The number of carbonyl (C=O) groups is 4. The van der Waals surface area contributed by atoms with Gasteiger partial charge in [0, 0.05) is 128 Å². The first-order chi connectivity index (χ1) is 38.8. The van der Waals surface area contributed by atoms with Crippen molar-refractivity contribution in [2.45, 2.75) is 38.5 Å². The van der Waals surface area contributed by atoms with Crippen LogP contribution in [0.25, 0.3) is 43.8 Å². The number of benzene rings is 2. The molecule has 2 aliphatic heterocycles. The lowest BCUT2D eigenvalue weighted by Gasteiger charge is -2.28. The number of piperazine rings is 2. The molecule has 4 aromatic heterocycles. The van der Waals surface area contributed by atoms with Gasteiger partial charge in [-0.15, -0.1) is 0 Å². The van der Waals surface area contributed by atoms with Crippen LogP contribution < -0.4 is 69.1 Å². The van der Waals surface area contributed by atoms with Crippen molar-refractivity contribution in [1.29, 1.82) is 0 Å². The number of fused-ring (bicyclic) bond motifs is 2. The molecule has 2 aromatic carbocycles. The smallest absolute Gasteiger partial charge is 0.412 e. The lowest BCUT2D eigenvalue weighted by molar-refractivity contribution is -0.121. The molecule has 23 heteroatoms. The Morgan fingerprint density at radius 1 is 0.532 bits per heavy atom. The summed E-state index contributed by atoms with van der Waals surface area (Å²) in [5.74, 6) is 3.39. The van der Waals surface area contributed by atoms with Crippen LogP contribution in [0.5, 0.6) is 0 Å². The third kappa shape index (κ3) is 17.0. The number of nitrogens with zero attached hydrogens (tertiary/aromatic N) is 6. The van der Waals surface area contributed by atoms with Gasteiger partial charge < -0.3 is 68.0 Å². The van der Waals surface area contributed by atoms with E-state index >= 15 is 0 Å². The predicted molar refractivity (Wildman–Crippen MR) is 312 cm³/mol. The summed E-state index contributed by atoms with van der Waals surface area (Å²) in [6, 6.07) is 24.0. The maximum absolute atomic E-state index is 13.0. The third-order valence-electron chi connectivity index (χ3n) is 13.4. The van der Waals surface area contributed by atoms with Gasteiger partial charge in [-0.2, -0.15) is 0 Å². The van der Waals surface area contributed by atoms with Crippen molar-refractivity contribution < 1.29 is 28.7 Å². The predicted octanol–water partition coefficient (Wildman–Crippen LogP) is 4.43. The molecule has 0 unspecified atom stereocenters.